The first kappa shape index (κ1) is 15.3. The van der Waals surface area contributed by atoms with Crippen molar-refractivity contribution in [3.05, 3.63) is 68.7 Å². The van der Waals surface area contributed by atoms with Gasteiger partial charge in [-0.2, -0.15) is 0 Å². The van der Waals surface area contributed by atoms with Crippen LogP contribution in [-0.4, -0.2) is 16.0 Å². The van der Waals surface area contributed by atoms with E-state index in [0.717, 1.165) is 5.56 Å². The highest BCUT2D eigenvalue weighted by atomic mass is 35.5. The maximum atomic E-state index is 11.1. The SMILES string of the molecule is O=C(O)c1cccc(SCc2ccccc2Cl)c1[N+](=O)[O-]. The summed E-state index contributed by atoms with van der Waals surface area (Å²) in [5, 5.41) is 20.7. The molecule has 0 spiro atoms. The van der Waals surface area contributed by atoms with Gasteiger partial charge in [-0.1, -0.05) is 35.9 Å². The molecule has 0 atom stereocenters. The molecule has 0 aliphatic heterocycles. The normalized spacial score (nSPS) is 10.3. The van der Waals surface area contributed by atoms with Gasteiger partial charge in [-0.25, -0.2) is 4.79 Å². The Morgan fingerprint density at radius 3 is 2.57 bits per heavy atom. The van der Waals surface area contributed by atoms with Crippen LogP contribution >= 0.6 is 23.4 Å². The Morgan fingerprint density at radius 2 is 1.95 bits per heavy atom. The number of carboxylic acid groups (broad SMARTS) is 1. The number of aromatic carboxylic acids is 1. The highest BCUT2D eigenvalue weighted by Gasteiger charge is 2.24. The molecule has 0 aliphatic rings. The minimum Gasteiger partial charge on any atom is -0.477 e. The lowest BCUT2D eigenvalue weighted by Crippen LogP contribution is -2.03. The van der Waals surface area contributed by atoms with Gasteiger partial charge in [0.1, 0.15) is 5.56 Å². The van der Waals surface area contributed by atoms with Crippen LogP contribution < -0.4 is 0 Å². The summed E-state index contributed by atoms with van der Waals surface area (Å²) < 4.78 is 0. The van der Waals surface area contributed by atoms with Gasteiger partial charge in [0.2, 0.25) is 0 Å². The molecule has 2 aromatic carbocycles. The molecule has 7 heteroatoms. The smallest absolute Gasteiger partial charge is 0.342 e. The van der Waals surface area contributed by atoms with Gasteiger partial charge in [-0.15, -0.1) is 11.8 Å². The molecule has 0 unspecified atom stereocenters. The van der Waals surface area contributed by atoms with E-state index in [2.05, 4.69) is 0 Å². The zero-order valence-corrected chi connectivity index (χ0v) is 12.2. The lowest BCUT2D eigenvalue weighted by atomic mass is 10.2. The monoisotopic (exact) mass is 323 g/mol. The highest BCUT2D eigenvalue weighted by Crippen LogP contribution is 2.35. The number of hydrogen-bond acceptors (Lipinski definition) is 4. The second-order valence-electron chi connectivity index (χ2n) is 4.09. The summed E-state index contributed by atoms with van der Waals surface area (Å²) in [7, 11) is 0. The average Bonchev–Trinajstić information content (AvgIpc) is 2.45. The third kappa shape index (κ3) is 3.53. The van der Waals surface area contributed by atoms with Gasteiger partial charge in [-0.3, -0.25) is 10.1 Å². The Labute approximate surface area is 129 Å². The first-order valence-electron chi connectivity index (χ1n) is 5.87. The molecule has 0 saturated carbocycles. The van der Waals surface area contributed by atoms with E-state index in [1.165, 1.54) is 30.0 Å². The number of nitro groups is 1. The summed E-state index contributed by atoms with van der Waals surface area (Å²) in [6.45, 7) is 0. The van der Waals surface area contributed by atoms with Gasteiger partial charge < -0.3 is 5.11 Å². The number of carbonyl (C=O) groups is 1. The molecule has 0 fully saturated rings. The van der Waals surface area contributed by atoms with E-state index in [1.54, 1.807) is 12.1 Å². The molecular formula is C14H10ClNO4S. The average molecular weight is 324 g/mol. The number of thioether (sulfide) groups is 1. The van der Waals surface area contributed by atoms with Crippen molar-refractivity contribution in [2.24, 2.45) is 0 Å². The van der Waals surface area contributed by atoms with Crippen LogP contribution in [-0.2, 0) is 5.75 Å². The van der Waals surface area contributed by atoms with E-state index in [0.29, 0.717) is 15.7 Å². The topological polar surface area (TPSA) is 80.4 Å². The molecule has 21 heavy (non-hydrogen) atoms. The standard InChI is InChI=1S/C14H10ClNO4S/c15-11-6-2-1-4-9(11)8-21-12-7-3-5-10(14(17)18)13(12)16(19)20/h1-7H,8H2,(H,17,18). The van der Waals surface area contributed by atoms with Crippen LogP contribution in [0.25, 0.3) is 0 Å². The maximum Gasteiger partial charge on any atom is 0.342 e. The Hall–Kier alpha value is -2.05. The van der Waals surface area contributed by atoms with Crippen LogP contribution in [0.2, 0.25) is 5.02 Å². The fraction of sp³-hybridized carbons (Fsp3) is 0.0714. The molecule has 0 radical (unpaired) electrons. The molecule has 108 valence electrons. The van der Waals surface area contributed by atoms with E-state index >= 15 is 0 Å². The molecule has 0 amide bonds. The first-order chi connectivity index (χ1) is 10.0. The third-order valence-electron chi connectivity index (χ3n) is 2.75. The van der Waals surface area contributed by atoms with Crippen LogP contribution in [0.3, 0.4) is 0 Å². The molecule has 5 nitrogen and oxygen atoms in total. The van der Waals surface area contributed by atoms with E-state index in [1.807, 2.05) is 12.1 Å². The second kappa shape index (κ2) is 6.60. The van der Waals surface area contributed by atoms with Crippen molar-refractivity contribution in [2.75, 3.05) is 0 Å². The summed E-state index contributed by atoms with van der Waals surface area (Å²) in [6.07, 6.45) is 0. The van der Waals surface area contributed by atoms with E-state index in [9.17, 15) is 14.9 Å². The van der Waals surface area contributed by atoms with Gasteiger partial charge >= 0.3 is 5.97 Å². The number of nitro benzene ring substituents is 1. The number of halogens is 1. The molecule has 0 heterocycles. The van der Waals surface area contributed by atoms with Gasteiger partial charge in [-0.05, 0) is 23.8 Å². The van der Waals surface area contributed by atoms with Crippen molar-refractivity contribution in [2.45, 2.75) is 10.6 Å². The molecular weight excluding hydrogens is 314 g/mol. The van der Waals surface area contributed by atoms with Gasteiger partial charge in [0.05, 0.1) is 9.82 Å². The largest absolute Gasteiger partial charge is 0.477 e. The Balaban J connectivity index is 2.32. The van der Waals surface area contributed by atoms with Gasteiger partial charge in [0.25, 0.3) is 5.69 Å². The fourth-order valence-electron chi connectivity index (χ4n) is 1.77. The number of carboxylic acids is 1. The molecule has 0 aromatic heterocycles. The molecule has 2 aromatic rings. The third-order valence-corrected chi connectivity index (χ3v) is 4.22. The summed E-state index contributed by atoms with van der Waals surface area (Å²) in [4.78, 5) is 21.8. The fourth-order valence-corrected chi connectivity index (χ4v) is 3.11. The molecule has 0 bridgehead atoms. The number of rotatable bonds is 5. The Bertz CT molecular complexity index is 705. The van der Waals surface area contributed by atoms with Crippen LogP contribution in [0.15, 0.2) is 47.4 Å². The summed E-state index contributed by atoms with van der Waals surface area (Å²) >= 11 is 7.22. The number of nitrogens with zero attached hydrogens (tertiary/aromatic N) is 1. The predicted molar refractivity (Wildman–Crippen MR) is 81.1 cm³/mol. The quantitative estimate of drug-likeness (QED) is 0.505. The van der Waals surface area contributed by atoms with Crippen molar-refractivity contribution < 1.29 is 14.8 Å². The molecule has 2 rings (SSSR count). The summed E-state index contributed by atoms with van der Waals surface area (Å²) in [6, 6.07) is 11.4. The highest BCUT2D eigenvalue weighted by molar-refractivity contribution is 7.98. The maximum absolute atomic E-state index is 11.1. The minimum absolute atomic E-state index is 0.305. The predicted octanol–water partition coefficient (Wildman–Crippen LogP) is 4.24. The van der Waals surface area contributed by atoms with Gasteiger partial charge in [0, 0.05) is 10.8 Å². The van der Waals surface area contributed by atoms with Crippen molar-refractivity contribution in [1.29, 1.82) is 0 Å². The van der Waals surface area contributed by atoms with E-state index < -0.39 is 10.9 Å². The van der Waals surface area contributed by atoms with Crippen molar-refractivity contribution in [3.8, 4) is 0 Å². The second-order valence-corrected chi connectivity index (χ2v) is 5.52. The van der Waals surface area contributed by atoms with Crippen LogP contribution in [0.4, 0.5) is 5.69 Å². The van der Waals surface area contributed by atoms with Crippen molar-refractivity contribution >= 4 is 35.0 Å². The number of para-hydroxylation sites is 1. The van der Waals surface area contributed by atoms with Gasteiger partial charge in [0.15, 0.2) is 0 Å². The Kier molecular flexibility index (Phi) is 4.82. The number of hydrogen-bond donors (Lipinski definition) is 1. The summed E-state index contributed by atoms with van der Waals surface area (Å²) in [5.74, 6) is -0.897. The van der Waals surface area contributed by atoms with Crippen LogP contribution in [0.1, 0.15) is 15.9 Å². The summed E-state index contributed by atoms with van der Waals surface area (Å²) in [5.41, 5.74) is 0.130. The number of benzene rings is 2. The van der Waals surface area contributed by atoms with E-state index in [4.69, 9.17) is 16.7 Å². The Morgan fingerprint density at radius 1 is 1.24 bits per heavy atom. The molecule has 0 aliphatic carbocycles. The van der Waals surface area contributed by atoms with Crippen LogP contribution in [0, 0.1) is 10.1 Å². The van der Waals surface area contributed by atoms with E-state index in [-0.39, 0.29) is 11.3 Å². The zero-order valence-electron chi connectivity index (χ0n) is 10.7. The van der Waals surface area contributed by atoms with Crippen molar-refractivity contribution in [3.63, 3.8) is 0 Å². The molecule has 1 N–H and O–H groups in total. The zero-order chi connectivity index (χ0) is 15.4. The first-order valence-corrected chi connectivity index (χ1v) is 7.24. The minimum atomic E-state index is -1.32. The van der Waals surface area contributed by atoms with Crippen molar-refractivity contribution in [1.82, 2.24) is 0 Å². The van der Waals surface area contributed by atoms with Crippen LogP contribution in [0.5, 0.6) is 0 Å². The lowest BCUT2D eigenvalue weighted by Gasteiger charge is -2.06. The molecule has 0 saturated heterocycles. The lowest BCUT2D eigenvalue weighted by molar-refractivity contribution is -0.388.